The van der Waals surface area contributed by atoms with E-state index in [2.05, 4.69) is 0 Å². The maximum absolute atomic E-state index is 13.5. The van der Waals surface area contributed by atoms with Gasteiger partial charge in [0.05, 0.1) is 30.4 Å². The normalized spacial score (nSPS) is 17.4. The van der Waals surface area contributed by atoms with Crippen molar-refractivity contribution < 1.29 is 33.0 Å². The fraction of sp³-hybridized carbons (Fsp3) is 0.167. The number of aliphatic hydroxyl groups excluding tert-OH is 1. The highest BCUT2D eigenvalue weighted by Gasteiger charge is 2.48. The minimum absolute atomic E-state index is 0.0113. The number of carbonyl (C=O) groups is 2. The lowest BCUT2D eigenvalue weighted by atomic mass is 9.98. The van der Waals surface area contributed by atoms with Crippen LogP contribution in [0.15, 0.2) is 52.5 Å². The van der Waals surface area contributed by atoms with E-state index in [9.17, 15) is 19.1 Å². The van der Waals surface area contributed by atoms with Crippen LogP contribution < -0.4 is 14.4 Å². The third-order valence-corrected chi connectivity index (χ3v) is 6.00. The van der Waals surface area contributed by atoms with Gasteiger partial charge in [-0.3, -0.25) is 14.5 Å². The van der Waals surface area contributed by atoms with E-state index in [0.29, 0.717) is 5.76 Å². The molecule has 1 aromatic heterocycles. The average Bonchev–Trinajstić information content (AvgIpc) is 3.35. The summed E-state index contributed by atoms with van der Waals surface area (Å²) in [6.07, 6.45) is 0. The number of anilines is 1. The molecular weight excluding hydrogens is 488 g/mol. The summed E-state index contributed by atoms with van der Waals surface area (Å²) in [7, 11) is 2.68. The van der Waals surface area contributed by atoms with Crippen LogP contribution in [-0.2, 0) is 9.59 Å². The second-order valence-corrected chi connectivity index (χ2v) is 8.17. The summed E-state index contributed by atoms with van der Waals surface area (Å²) in [5.41, 5.74) is -0.0673. The van der Waals surface area contributed by atoms with E-state index in [1.165, 1.54) is 32.4 Å². The molecular formula is C24H18Cl2FNO6. The summed E-state index contributed by atoms with van der Waals surface area (Å²) >= 11 is 12.6. The smallest absolute Gasteiger partial charge is 0.300 e. The number of amides is 1. The Kier molecular flexibility index (Phi) is 6.29. The number of rotatable bonds is 5. The second-order valence-electron chi connectivity index (χ2n) is 7.38. The first kappa shape index (κ1) is 23.7. The molecule has 0 radical (unpaired) electrons. The predicted molar refractivity (Wildman–Crippen MR) is 124 cm³/mol. The Morgan fingerprint density at radius 3 is 2.26 bits per heavy atom. The van der Waals surface area contributed by atoms with E-state index in [4.69, 9.17) is 37.1 Å². The quantitative estimate of drug-likeness (QED) is 0.272. The van der Waals surface area contributed by atoms with Crippen molar-refractivity contribution in [2.75, 3.05) is 19.1 Å². The molecule has 2 heterocycles. The van der Waals surface area contributed by atoms with Gasteiger partial charge >= 0.3 is 0 Å². The van der Waals surface area contributed by atoms with Crippen LogP contribution in [0.25, 0.3) is 5.76 Å². The van der Waals surface area contributed by atoms with Crippen LogP contribution in [0.3, 0.4) is 0 Å². The van der Waals surface area contributed by atoms with E-state index >= 15 is 0 Å². The van der Waals surface area contributed by atoms with Gasteiger partial charge in [0, 0.05) is 5.69 Å². The topological polar surface area (TPSA) is 89.2 Å². The summed E-state index contributed by atoms with van der Waals surface area (Å²) in [6.45, 7) is 1.69. The van der Waals surface area contributed by atoms with Gasteiger partial charge < -0.3 is 19.0 Å². The minimum Gasteiger partial charge on any atom is -0.507 e. The van der Waals surface area contributed by atoms with Crippen LogP contribution in [0.2, 0.25) is 10.0 Å². The van der Waals surface area contributed by atoms with Crippen LogP contribution >= 0.6 is 23.2 Å². The molecule has 0 spiro atoms. The minimum atomic E-state index is -1.15. The zero-order chi connectivity index (χ0) is 24.7. The molecule has 10 heteroatoms. The van der Waals surface area contributed by atoms with Crippen LogP contribution in [0, 0.1) is 12.7 Å². The van der Waals surface area contributed by atoms with Crippen LogP contribution in [0.4, 0.5) is 10.1 Å². The number of hydrogen-bond donors (Lipinski definition) is 1. The van der Waals surface area contributed by atoms with Gasteiger partial charge in [0.2, 0.25) is 0 Å². The Balaban J connectivity index is 2.00. The number of furan rings is 1. The molecule has 0 bridgehead atoms. The lowest BCUT2D eigenvalue weighted by molar-refractivity contribution is -0.132. The first-order valence-electron chi connectivity index (χ1n) is 9.92. The van der Waals surface area contributed by atoms with Crippen molar-refractivity contribution in [1.82, 2.24) is 0 Å². The van der Waals surface area contributed by atoms with Gasteiger partial charge in [-0.25, -0.2) is 4.39 Å². The number of methoxy groups -OCH3 is 2. The summed E-state index contributed by atoms with van der Waals surface area (Å²) in [6, 6.07) is 8.43. The van der Waals surface area contributed by atoms with Gasteiger partial charge in [0.25, 0.3) is 11.7 Å². The molecule has 4 rings (SSSR count). The molecule has 34 heavy (non-hydrogen) atoms. The van der Waals surface area contributed by atoms with Gasteiger partial charge in [-0.05, 0) is 49.4 Å². The molecule has 7 nitrogen and oxygen atoms in total. The van der Waals surface area contributed by atoms with E-state index in [-0.39, 0.29) is 44.1 Å². The zero-order valence-corrected chi connectivity index (χ0v) is 19.7. The van der Waals surface area contributed by atoms with E-state index < -0.39 is 29.3 Å². The SMILES string of the molecule is COc1c(Cl)cc(/C(O)=C2\C(=O)C(=O)N(c3ccc(F)cc3)C2c2ccc(C)o2)c(OC)c1Cl. The first-order valence-corrected chi connectivity index (χ1v) is 10.7. The molecule has 2 aromatic carbocycles. The standard InChI is InChI=1S/C24H18Cl2FNO6/c1-11-4-9-16(34-11)19-17(21(30)24(31)28(19)13-7-5-12(27)6-8-13)20(29)14-10-15(25)23(33-3)18(26)22(14)32-2/h4-10,19,29H,1-3H3/b20-17+. The van der Waals surface area contributed by atoms with Crippen LogP contribution in [-0.4, -0.2) is 31.0 Å². The molecule has 1 saturated heterocycles. The van der Waals surface area contributed by atoms with E-state index in [0.717, 1.165) is 17.0 Å². The van der Waals surface area contributed by atoms with Gasteiger partial charge in [-0.2, -0.15) is 0 Å². The molecule has 1 atom stereocenters. The fourth-order valence-corrected chi connectivity index (χ4v) is 4.55. The number of ketones is 1. The average molecular weight is 506 g/mol. The van der Waals surface area contributed by atoms with Crippen molar-refractivity contribution in [3.8, 4) is 11.5 Å². The number of nitrogens with zero attached hydrogens (tertiary/aromatic N) is 1. The Morgan fingerprint density at radius 2 is 1.71 bits per heavy atom. The number of Topliss-reactive ketones (excluding diaryl/α,β-unsaturated/α-hetero) is 1. The molecule has 1 aliphatic rings. The lowest BCUT2D eigenvalue weighted by Gasteiger charge is -2.23. The zero-order valence-electron chi connectivity index (χ0n) is 18.2. The van der Waals surface area contributed by atoms with E-state index in [1.54, 1.807) is 19.1 Å². The van der Waals surface area contributed by atoms with Gasteiger partial charge in [-0.15, -0.1) is 0 Å². The first-order chi connectivity index (χ1) is 16.2. The van der Waals surface area contributed by atoms with Crippen molar-refractivity contribution in [2.24, 2.45) is 0 Å². The van der Waals surface area contributed by atoms with Crippen molar-refractivity contribution >= 4 is 46.3 Å². The van der Waals surface area contributed by atoms with Crippen molar-refractivity contribution in [3.05, 3.63) is 81.0 Å². The fourth-order valence-electron chi connectivity index (χ4n) is 3.86. The number of aryl methyl sites for hydroxylation is 1. The number of aliphatic hydroxyl groups is 1. The second kappa shape index (κ2) is 9.04. The Bertz CT molecular complexity index is 1330. The molecule has 0 aliphatic carbocycles. The maximum Gasteiger partial charge on any atom is 0.300 e. The molecule has 3 aromatic rings. The predicted octanol–water partition coefficient (Wildman–Crippen LogP) is 5.68. The Morgan fingerprint density at radius 1 is 1.06 bits per heavy atom. The van der Waals surface area contributed by atoms with Gasteiger partial charge in [-0.1, -0.05) is 23.2 Å². The molecule has 1 unspecified atom stereocenters. The number of ether oxygens (including phenoxy) is 2. The summed E-state index contributed by atoms with van der Waals surface area (Å²) in [4.78, 5) is 27.4. The van der Waals surface area contributed by atoms with Gasteiger partial charge in [0.1, 0.15) is 34.2 Å². The number of benzene rings is 2. The molecule has 1 amide bonds. The van der Waals surface area contributed by atoms with Crippen molar-refractivity contribution in [1.29, 1.82) is 0 Å². The Labute approximate surface area is 203 Å². The summed E-state index contributed by atoms with van der Waals surface area (Å²) < 4.78 is 29.8. The largest absolute Gasteiger partial charge is 0.507 e. The molecule has 1 aliphatic heterocycles. The highest BCUT2D eigenvalue weighted by Crippen LogP contribution is 2.48. The third-order valence-electron chi connectivity index (χ3n) is 5.37. The summed E-state index contributed by atoms with van der Waals surface area (Å²) in [5.74, 6) is -2.17. The number of hydrogen-bond acceptors (Lipinski definition) is 6. The molecule has 176 valence electrons. The maximum atomic E-state index is 13.5. The lowest BCUT2D eigenvalue weighted by Crippen LogP contribution is -2.29. The highest BCUT2D eigenvalue weighted by atomic mass is 35.5. The highest BCUT2D eigenvalue weighted by molar-refractivity contribution is 6.51. The van der Waals surface area contributed by atoms with Crippen LogP contribution in [0.1, 0.15) is 23.1 Å². The summed E-state index contributed by atoms with van der Waals surface area (Å²) in [5, 5.41) is 11.3. The third kappa shape index (κ3) is 3.78. The van der Waals surface area contributed by atoms with Gasteiger partial charge in [0.15, 0.2) is 11.5 Å². The monoisotopic (exact) mass is 505 g/mol. The van der Waals surface area contributed by atoms with Crippen molar-refractivity contribution in [2.45, 2.75) is 13.0 Å². The number of carbonyl (C=O) groups excluding carboxylic acids is 2. The van der Waals surface area contributed by atoms with E-state index in [1.807, 2.05) is 0 Å². The molecule has 1 fully saturated rings. The van der Waals surface area contributed by atoms with Crippen LogP contribution in [0.5, 0.6) is 11.5 Å². The molecule has 0 saturated carbocycles. The van der Waals surface area contributed by atoms with Crippen molar-refractivity contribution in [3.63, 3.8) is 0 Å². The number of halogens is 3. The Hall–Kier alpha value is -3.49. The molecule has 1 N–H and O–H groups in total.